The van der Waals surface area contributed by atoms with Crippen LogP contribution in [0.25, 0.3) is 33.3 Å². The van der Waals surface area contributed by atoms with Gasteiger partial charge < -0.3 is 15.0 Å². The van der Waals surface area contributed by atoms with Gasteiger partial charge in [-0.05, 0) is 55.9 Å². The molecule has 1 heterocycles. The Balaban J connectivity index is 1.62. The van der Waals surface area contributed by atoms with E-state index < -0.39 is 6.10 Å². The number of quaternary nitrogens is 1. The number of nitrogens with zero attached hydrogens (tertiary/aromatic N) is 1. The predicted octanol–water partition coefficient (Wildman–Crippen LogP) is 5.15. The highest BCUT2D eigenvalue weighted by Gasteiger charge is 2.23. The van der Waals surface area contributed by atoms with E-state index in [1.54, 1.807) is 0 Å². The lowest BCUT2D eigenvalue weighted by molar-refractivity contribution is -0.693. The van der Waals surface area contributed by atoms with Crippen LogP contribution < -0.4 is 5.32 Å². The van der Waals surface area contributed by atoms with Crippen LogP contribution in [0, 0.1) is 6.92 Å². The molecule has 3 nitrogen and oxygen atoms in total. The highest BCUT2D eigenvalue weighted by Crippen LogP contribution is 2.41. The molecule has 164 valence electrons. The molecule has 32 heavy (non-hydrogen) atoms. The van der Waals surface area contributed by atoms with Crippen LogP contribution in [0.3, 0.4) is 0 Å². The number of hydrogen-bond acceptors (Lipinski definition) is 1. The van der Waals surface area contributed by atoms with Crippen LogP contribution in [0.15, 0.2) is 78.9 Å². The van der Waals surface area contributed by atoms with Crippen LogP contribution in [0.4, 0.5) is 0 Å². The maximum absolute atomic E-state index is 11.1. The molecule has 0 spiro atoms. The predicted molar refractivity (Wildman–Crippen MR) is 133 cm³/mol. The smallest absolute Gasteiger partial charge is 0.121 e. The molecule has 0 bridgehead atoms. The summed E-state index contributed by atoms with van der Waals surface area (Å²) in [5.74, 6) is 0. The fraction of sp³-hybridized carbons (Fsp3) is 0.310. The van der Waals surface area contributed by atoms with E-state index >= 15 is 0 Å². The standard InChI is InChI=1S/C29H32N2O/c1-21-16-17-27-26(18-21)28(22-10-4-2-5-11-22)29(23-12-6-3-7-13-23)31(27)20-25(32)19-30-24-14-8-9-15-24/h2-7,10-13,16-18,24-25,30,32H,8-9,14-15,19-20H2,1H3/p+1/t25-/m0/s1. The van der Waals surface area contributed by atoms with E-state index in [1.165, 1.54) is 64.5 Å². The molecule has 0 saturated heterocycles. The van der Waals surface area contributed by atoms with Crippen molar-refractivity contribution in [2.45, 2.75) is 51.3 Å². The first-order valence-electron chi connectivity index (χ1n) is 12.0. The number of rotatable bonds is 7. The van der Waals surface area contributed by atoms with Crippen molar-refractivity contribution in [3.05, 3.63) is 84.4 Å². The number of hydrogen-bond donors (Lipinski definition) is 2. The highest BCUT2D eigenvalue weighted by molar-refractivity contribution is 6.04. The molecule has 4 aromatic rings. The minimum absolute atomic E-state index is 0.390. The zero-order valence-corrected chi connectivity index (χ0v) is 18.9. The Labute approximate surface area is 190 Å². The maximum atomic E-state index is 11.1. The van der Waals surface area contributed by atoms with Crippen molar-refractivity contribution in [3.63, 3.8) is 0 Å². The molecular formula is C29H33N2O+. The number of fused-ring (bicyclic) bond motifs is 1. The van der Waals surface area contributed by atoms with E-state index in [1.807, 2.05) is 0 Å². The van der Waals surface area contributed by atoms with Gasteiger partial charge in [0.2, 0.25) is 0 Å². The molecule has 1 fully saturated rings. The van der Waals surface area contributed by atoms with E-state index in [9.17, 15) is 5.11 Å². The number of nitrogens with two attached hydrogens (primary N) is 1. The molecule has 0 amide bonds. The summed E-state index contributed by atoms with van der Waals surface area (Å²) >= 11 is 0. The molecule has 3 aromatic carbocycles. The second-order valence-electron chi connectivity index (χ2n) is 9.26. The Morgan fingerprint density at radius 1 is 0.906 bits per heavy atom. The Morgan fingerprint density at radius 3 is 2.25 bits per heavy atom. The average molecular weight is 426 g/mol. The third-order valence-electron chi connectivity index (χ3n) is 6.86. The summed E-state index contributed by atoms with van der Waals surface area (Å²) in [5.41, 5.74) is 7.29. The summed E-state index contributed by atoms with van der Waals surface area (Å²) in [7, 11) is 0. The van der Waals surface area contributed by atoms with Crippen LogP contribution >= 0.6 is 0 Å². The van der Waals surface area contributed by atoms with Gasteiger partial charge in [-0.15, -0.1) is 0 Å². The molecule has 1 atom stereocenters. The van der Waals surface area contributed by atoms with Crippen LogP contribution in [0.2, 0.25) is 0 Å². The van der Waals surface area contributed by atoms with E-state index in [-0.39, 0.29) is 0 Å². The molecule has 3 N–H and O–H groups in total. The van der Waals surface area contributed by atoms with Gasteiger partial charge in [0.15, 0.2) is 0 Å². The summed E-state index contributed by atoms with van der Waals surface area (Å²) in [6.07, 6.45) is 4.84. The Hall–Kier alpha value is -2.88. The second kappa shape index (κ2) is 9.32. The normalized spacial score (nSPS) is 15.4. The van der Waals surface area contributed by atoms with Crippen molar-refractivity contribution in [2.75, 3.05) is 6.54 Å². The van der Waals surface area contributed by atoms with Gasteiger partial charge in [0.1, 0.15) is 12.6 Å². The third-order valence-corrected chi connectivity index (χ3v) is 6.86. The summed E-state index contributed by atoms with van der Waals surface area (Å²) < 4.78 is 2.35. The second-order valence-corrected chi connectivity index (χ2v) is 9.26. The monoisotopic (exact) mass is 425 g/mol. The highest BCUT2D eigenvalue weighted by atomic mass is 16.3. The van der Waals surface area contributed by atoms with E-state index in [0.29, 0.717) is 12.6 Å². The van der Waals surface area contributed by atoms with Gasteiger partial charge in [-0.3, -0.25) is 0 Å². The SMILES string of the molecule is Cc1ccc2c(c1)c(-c1ccccc1)c(-c1ccccc1)n2C[C@@H](O)C[NH2+]C1CCCC1. The topological polar surface area (TPSA) is 41.8 Å². The third kappa shape index (κ3) is 4.23. The quantitative estimate of drug-likeness (QED) is 0.422. The summed E-state index contributed by atoms with van der Waals surface area (Å²) in [6, 6.07) is 28.7. The number of aryl methyl sites for hydroxylation is 1. The Morgan fingerprint density at radius 2 is 1.56 bits per heavy atom. The van der Waals surface area contributed by atoms with Gasteiger partial charge in [-0.25, -0.2) is 0 Å². The van der Waals surface area contributed by atoms with Crippen LogP contribution in [0.5, 0.6) is 0 Å². The van der Waals surface area contributed by atoms with Gasteiger partial charge in [0, 0.05) is 16.5 Å². The largest absolute Gasteiger partial charge is 0.385 e. The van der Waals surface area contributed by atoms with Crippen LogP contribution in [0.1, 0.15) is 31.2 Å². The average Bonchev–Trinajstić information content (AvgIpc) is 3.45. The van der Waals surface area contributed by atoms with E-state index in [0.717, 1.165) is 6.54 Å². The number of aromatic nitrogens is 1. The molecule has 0 unspecified atom stereocenters. The van der Waals surface area contributed by atoms with Crippen molar-refractivity contribution in [1.82, 2.24) is 4.57 Å². The minimum atomic E-state index is -0.390. The zero-order valence-electron chi connectivity index (χ0n) is 18.9. The van der Waals surface area contributed by atoms with Crippen molar-refractivity contribution < 1.29 is 10.4 Å². The van der Waals surface area contributed by atoms with Crippen molar-refractivity contribution in [2.24, 2.45) is 0 Å². The molecule has 1 aromatic heterocycles. The molecule has 3 heteroatoms. The fourth-order valence-corrected chi connectivity index (χ4v) is 5.28. The molecule has 0 aliphatic heterocycles. The lowest BCUT2D eigenvalue weighted by Gasteiger charge is -2.18. The molecule has 1 saturated carbocycles. The summed E-state index contributed by atoms with van der Waals surface area (Å²) in [5, 5.41) is 14.7. The van der Waals surface area contributed by atoms with E-state index in [2.05, 4.69) is 95.7 Å². The maximum Gasteiger partial charge on any atom is 0.121 e. The molecule has 1 aliphatic carbocycles. The van der Waals surface area contributed by atoms with Gasteiger partial charge in [-0.1, -0.05) is 72.3 Å². The van der Waals surface area contributed by atoms with Gasteiger partial charge in [-0.2, -0.15) is 0 Å². The van der Waals surface area contributed by atoms with Gasteiger partial charge in [0.25, 0.3) is 0 Å². The first-order valence-corrected chi connectivity index (χ1v) is 12.0. The summed E-state index contributed by atoms with van der Waals surface area (Å²) in [4.78, 5) is 0. The molecule has 0 radical (unpaired) electrons. The Kier molecular flexibility index (Phi) is 6.11. The lowest BCUT2D eigenvalue weighted by Crippen LogP contribution is -2.91. The van der Waals surface area contributed by atoms with E-state index in [4.69, 9.17) is 0 Å². The molecular weight excluding hydrogens is 392 g/mol. The number of benzene rings is 3. The van der Waals surface area contributed by atoms with Gasteiger partial charge in [0.05, 0.1) is 18.3 Å². The number of aliphatic hydroxyl groups excluding tert-OH is 1. The Bertz CT molecular complexity index is 1170. The minimum Gasteiger partial charge on any atom is -0.385 e. The fourth-order valence-electron chi connectivity index (χ4n) is 5.28. The van der Waals surface area contributed by atoms with Crippen LogP contribution in [-0.4, -0.2) is 28.4 Å². The zero-order chi connectivity index (χ0) is 21.9. The first kappa shape index (κ1) is 21.0. The molecule has 5 rings (SSSR count). The summed E-state index contributed by atoms with van der Waals surface area (Å²) in [6.45, 7) is 3.50. The van der Waals surface area contributed by atoms with Crippen LogP contribution in [-0.2, 0) is 6.54 Å². The lowest BCUT2D eigenvalue weighted by atomic mass is 9.98. The van der Waals surface area contributed by atoms with Crippen molar-refractivity contribution in [3.8, 4) is 22.4 Å². The number of aliphatic hydroxyl groups is 1. The van der Waals surface area contributed by atoms with Gasteiger partial charge >= 0.3 is 0 Å². The molecule has 1 aliphatic rings. The van der Waals surface area contributed by atoms with Crippen molar-refractivity contribution >= 4 is 10.9 Å². The first-order chi connectivity index (χ1) is 15.7. The van der Waals surface area contributed by atoms with Crippen molar-refractivity contribution in [1.29, 1.82) is 0 Å².